The van der Waals surface area contributed by atoms with Gasteiger partial charge in [0.2, 0.25) is 0 Å². The molecule has 1 aliphatic heterocycles. The van der Waals surface area contributed by atoms with Crippen LogP contribution in [0.15, 0.2) is 206 Å². The highest BCUT2D eigenvalue weighted by Gasteiger charge is 2.41. The molecule has 2 aromatic heterocycles. The van der Waals surface area contributed by atoms with Crippen LogP contribution in [-0.4, -0.2) is 16.2 Å². The fraction of sp³-hybridized carbons (Fsp3) is 0.185. The number of aryl methyl sites for hydroxylation is 2. The summed E-state index contributed by atoms with van der Waals surface area (Å²) >= 11 is 0. The molecular weight excluding hydrogens is 837 g/mol. The molecule has 340 valence electrons. The maximum absolute atomic E-state index is 5.17. The molecule has 0 unspecified atom stereocenters. The van der Waals surface area contributed by atoms with E-state index in [9.17, 15) is 0 Å². The molecule has 0 amide bonds. The highest BCUT2D eigenvalue weighted by atomic mass is 15.4. The molecule has 0 N–H and O–H groups in total. The second-order valence-electron chi connectivity index (χ2n) is 21.0. The highest BCUT2D eigenvalue weighted by molar-refractivity contribution is 6.16. The van der Waals surface area contributed by atoms with Gasteiger partial charge in [0.05, 0.1) is 27.8 Å². The summed E-state index contributed by atoms with van der Waals surface area (Å²) in [7, 11) is 0. The Kier molecular flexibility index (Phi) is 10.7. The molecule has 0 atom stereocenters. The number of pyridine rings is 1. The standard InChI is InChI=1S/C65H60N4/c1-44-36-59-60(37-45(44)2)68(43-67(59)53-28-19-12-20-29-53)54-39-51(64(6,7)8)38-52(40-54)65(47-24-15-10-16-25-47,48-26-17-11-18-27-48)50-32-33-56-58(41-50)69(61-42-49(34-35-66-61)63(3,4)5)57-31-21-30-55(62(56)57)46-22-13-9-14-23-46/h9-42H,43H2,1-8H3. The van der Waals surface area contributed by atoms with Gasteiger partial charge in [-0.2, -0.15) is 0 Å². The first kappa shape index (κ1) is 43.9. The quantitative estimate of drug-likeness (QED) is 0.142. The maximum Gasteiger partial charge on any atom is 0.137 e. The molecule has 1 aliphatic rings. The minimum atomic E-state index is -0.748. The summed E-state index contributed by atoms with van der Waals surface area (Å²) in [6.45, 7) is 19.0. The molecule has 0 saturated carbocycles. The van der Waals surface area contributed by atoms with Crippen LogP contribution in [0.5, 0.6) is 0 Å². The molecule has 0 bridgehead atoms. The van der Waals surface area contributed by atoms with Gasteiger partial charge in [-0.25, -0.2) is 4.98 Å². The second kappa shape index (κ2) is 16.8. The molecular formula is C65H60N4. The van der Waals surface area contributed by atoms with Crippen molar-refractivity contribution >= 4 is 44.6 Å². The number of nitrogens with zero attached hydrogens (tertiary/aromatic N) is 4. The van der Waals surface area contributed by atoms with E-state index in [1.807, 2.05) is 6.20 Å². The second-order valence-corrected chi connectivity index (χ2v) is 21.0. The Bertz CT molecular complexity index is 3460. The molecule has 4 heteroatoms. The van der Waals surface area contributed by atoms with Gasteiger partial charge >= 0.3 is 0 Å². The average molecular weight is 897 g/mol. The van der Waals surface area contributed by atoms with Gasteiger partial charge in [-0.15, -0.1) is 0 Å². The number of aromatic nitrogens is 2. The molecule has 8 aromatic carbocycles. The number of fused-ring (bicyclic) bond motifs is 4. The van der Waals surface area contributed by atoms with Crippen LogP contribution in [0.2, 0.25) is 0 Å². The van der Waals surface area contributed by atoms with Gasteiger partial charge in [0.15, 0.2) is 0 Å². The molecule has 4 nitrogen and oxygen atoms in total. The van der Waals surface area contributed by atoms with E-state index < -0.39 is 5.41 Å². The Balaban J connectivity index is 1.24. The Hall–Kier alpha value is -7.69. The molecule has 3 heterocycles. The zero-order chi connectivity index (χ0) is 47.7. The molecule has 0 fully saturated rings. The Morgan fingerprint density at radius 1 is 0.420 bits per heavy atom. The third-order valence-corrected chi connectivity index (χ3v) is 14.6. The number of rotatable bonds is 8. The lowest BCUT2D eigenvalue weighted by Gasteiger charge is -2.39. The lowest BCUT2D eigenvalue weighted by molar-refractivity contribution is 0.587. The minimum Gasteiger partial charge on any atom is -0.321 e. The van der Waals surface area contributed by atoms with Crippen molar-refractivity contribution in [3.63, 3.8) is 0 Å². The van der Waals surface area contributed by atoms with E-state index in [0.29, 0.717) is 6.67 Å². The van der Waals surface area contributed by atoms with Gasteiger partial charge in [-0.1, -0.05) is 181 Å². The van der Waals surface area contributed by atoms with Crippen molar-refractivity contribution in [3.05, 3.63) is 251 Å². The largest absolute Gasteiger partial charge is 0.321 e. The molecule has 11 rings (SSSR count). The number of para-hydroxylation sites is 1. The van der Waals surface area contributed by atoms with E-state index in [-0.39, 0.29) is 10.8 Å². The first-order valence-electron chi connectivity index (χ1n) is 24.4. The summed E-state index contributed by atoms with van der Waals surface area (Å²) in [4.78, 5) is 10.2. The van der Waals surface area contributed by atoms with Crippen LogP contribution < -0.4 is 9.80 Å². The van der Waals surface area contributed by atoms with E-state index in [2.05, 4.69) is 270 Å². The van der Waals surface area contributed by atoms with E-state index in [1.54, 1.807) is 0 Å². The van der Waals surface area contributed by atoms with Gasteiger partial charge in [-0.05, 0) is 141 Å². The maximum atomic E-state index is 5.17. The van der Waals surface area contributed by atoms with Crippen LogP contribution in [0.25, 0.3) is 38.8 Å². The predicted octanol–water partition coefficient (Wildman–Crippen LogP) is 16.7. The van der Waals surface area contributed by atoms with Crippen LogP contribution in [0, 0.1) is 13.8 Å². The Morgan fingerprint density at radius 2 is 0.986 bits per heavy atom. The summed E-state index contributed by atoms with van der Waals surface area (Å²) in [5.41, 5.74) is 18.4. The highest BCUT2D eigenvalue weighted by Crippen LogP contribution is 2.52. The monoisotopic (exact) mass is 896 g/mol. The molecule has 0 radical (unpaired) electrons. The Morgan fingerprint density at radius 3 is 1.59 bits per heavy atom. The molecule has 0 saturated heterocycles. The van der Waals surface area contributed by atoms with Gasteiger partial charge in [0.25, 0.3) is 0 Å². The summed E-state index contributed by atoms with van der Waals surface area (Å²) in [6, 6.07) is 74.7. The first-order chi connectivity index (χ1) is 33.3. The summed E-state index contributed by atoms with van der Waals surface area (Å²) in [6.07, 6.45) is 1.98. The fourth-order valence-corrected chi connectivity index (χ4v) is 10.8. The third kappa shape index (κ3) is 7.50. The molecule has 69 heavy (non-hydrogen) atoms. The lowest BCUT2D eigenvalue weighted by atomic mass is 9.64. The van der Waals surface area contributed by atoms with Crippen molar-refractivity contribution in [1.82, 2.24) is 9.55 Å². The van der Waals surface area contributed by atoms with Crippen LogP contribution in [0.3, 0.4) is 0 Å². The van der Waals surface area contributed by atoms with Crippen LogP contribution in [0.1, 0.15) is 86.1 Å². The lowest BCUT2D eigenvalue weighted by Crippen LogP contribution is -2.32. The minimum absolute atomic E-state index is 0.0616. The van der Waals surface area contributed by atoms with Gasteiger partial charge in [0, 0.05) is 28.3 Å². The smallest absolute Gasteiger partial charge is 0.137 e. The van der Waals surface area contributed by atoms with Gasteiger partial charge in [-0.3, -0.25) is 4.57 Å². The summed E-state index contributed by atoms with van der Waals surface area (Å²) in [5.74, 6) is 0.910. The topological polar surface area (TPSA) is 24.3 Å². The SMILES string of the molecule is Cc1cc2c(cc1C)N(c1cc(C(C)(C)C)cc(C(c3ccccc3)(c3ccccc3)c3ccc4c5c(-c6ccccc6)cccc5n(-c5cc(C(C)(C)C)ccn5)c4c3)c1)CN2c1ccccc1. The number of hydrogen-bond acceptors (Lipinski definition) is 3. The zero-order valence-corrected chi connectivity index (χ0v) is 41.1. The van der Waals surface area contributed by atoms with Gasteiger partial charge < -0.3 is 9.80 Å². The molecule has 0 spiro atoms. The average Bonchev–Trinajstić information content (AvgIpc) is 3.90. The zero-order valence-electron chi connectivity index (χ0n) is 41.1. The van der Waals surface area contributed by atoms with Crippen molar-refractivity contribution in [2.24, 2.45) is 0 Å². The normalized spacial score (nSPS) is 13.1. The van der Waals surface area contributed by atoms with Crippen molar-refractivity contribution < 1.29 is 0 Å². The third-order valence-electron chi connectivity index (χ3n) is 14.6. The van der Waals surface area contributed by atoms with Crippen LogP contribution in [-0.2, 0) is 16.2 Å². The van der Waals surface area contributed by atoms with Crippen LogP contribution >= 0.6 is 0 Å². The van der Waals surface area contributed by atoms with E-state index in [4.69, 9.17) is 4.98 Å². The van der Waals surface area contributed by atoms with Crippen molar-refractivity contribution in [2.75, 3.05) is 16.5 Å². The van der Waals surface area contributed by atoms with E-state index in [0.717, 1.165) is 16.9 Å². The number of hydrogen-bond donors (Lipinski definition) is 0. The van der Waals surface area contributed by atoms with Crippen LogP contribution in [0.4, 0.5) is 22.7 Å². The predicted molar refractivity (Wildman–Crippen MR) is 291 cm³/mol. The Labute approximate surface area is 408 Å². The summed E-state index contributed by atoms with van der Waals surface area (Å²) in [5, 5.41) is 2.41. The molecule has 10 aromatic rings. The van der Waals surface area contributed by atoms with Crippen molar-refractivity contribution in [2.45, 2.75) is 71.6 Å². The van der Waals surface area contributed by atoms with E-state index in [1.165, 1.54) is 89.2 Å². The van der Waals surface area contributed by atoms with Crippen molar-refractivity contribution in [1.29, 1.82) is 0 Å². The first-order valence-corrected chi connectivity index (χ1v) is 24.4. The molecule has 0 aliphatic carbocycles. The summed E-state index contributed by atoms with van der Waals surface area (Å²) < 4.78 is 2.41. The van der Waals surface area contributed by atoms with Gasteiger partial charge in [0.1, 0.15) is 12.5 Å². The van der Waals surface area contributed by atoms with E-state index >= 15 is 0 Å². The number of benzene rings is 8. The fourth-order valence-electron chi connectivity index (χ4n) is 10.8. The number of anilines is 4. The van der Waals surface area contributed by atoms with Crippen molar-refractivity contribution in [3.8, 4) is 16.9 Å².